The summed E-state index contributed by atoms with van der Waals surface area (Å²) in [6, 6.07) is 10.2. The highest BCUT2D eigenvalue weighted by Crippen LogP contribution is 2.15. The highest BCUT2D eigenvalue weighted by atomic mass is 16.5. The van der Waals surface area contributed by atoms with Gasteiger partial charge < -0.3 is 14.4 Å². The predicted molar refractivity (Wildman–Crippen MR) is 96.9 cm³/mol. The van der Waals surface area contributed by atoms with Crippen LogP contribution in [0.2, 0.25) is 0 Å². The molecule has 0 spiro atoms. The van der Waals surface area contributed by atoms with E-state index in [1.807, 2.05) is 23.1 Å². The van der Waals surface area contributed by atoms with Crippen LogP contribution in [0, 0.1) is 0 Å². The van der Waals surface area contributed by atoms with Gasteiger partial charge in [0.1, 0.15) is 0 Å². The topological polar surface area (TPSA) is 69.5 Å². The molecule has 0 unspecified atom stereocenters. The number of carbonyl (C=O) groups excluding carboxylic acids is 1. The summed E-state index contributed by atoms with van der Waals surface area (Å²) in [4.78, 5) is 14.4. The zero-order chi connectivity index (χ0) is 18.2. The summed E-state index contributed by atoms with van der Waals surface area (Å²) >= 11 is 0. The molecule has 1 aliphatic rings. The molecule has 0 bridgehead atoms. The molecule has 140 valence electrons. The number of rotatable bonds is 8. The van der Waals surface area contributed by atoms with Crippen molar-refractivity contribution >= 4 is 5.91 Å². The largest absolute Gasteiger partial charge is 0.382 e. The van der Waals surface area contributed by atoms with Gasteiger partial charge in [-0.2, -0.15) is 0 Å². The molecule has 1 aliphatic heterocycles. The molecule has 7 heteroatoms. The van der Waals surface area contributed by atoms with Crippen molar-refractivity contribution in [3.8, 4) is 0 Å². The number of ether oxygens (including phenoxy) is 2. The zero-order valence-electron chi connectivity index (χ0n) is 15.2. The molecule has 0 saturated carbocycles. The normalized spacial score (nSPS) is 15.3. The molecule has 1 aromatic carbocycles. The molecule has 3 rings (SSSR count). The molecule has 1 amide bonds. The van der Waals surface area contributed by atoms with Gasteiger partial charge in [0.15, 0.2) is 5.69 Å². The van der Waals surface area contributed by atoms with Gasteiger partial charge >= 0.3 is 0 Å². The van der Waals surface area contributed by atoms with E-state index >= 15 is 0 Å². The Morgan fingerprint density at radius 3 is 2.69 bits per heavy atom. The van der Waals surface area contributed by atoms with Crippen LogP contribution in [0.1, 0.15) is 28.9 Å². The van der Waals surface area contributed by atoms with Gasteiger partial charge in [-0.05, 0) is 24.8 Å². The lowest BCUT2D eigenvalue weighted by Crippen LogP contribution is -2.41. The van der Waals surface area contributed by atoms with Crippen LogP contribution in [0.25, 0.3) is 0 Å². The minimum Gasteiger partial charge on any atom is -0.382 e. The van der Waals surface area contributed by atoms with Crippen LogP contribution >= 0.6 is 0 Å². The Bertz CT molecular complexity index is 681. The number of hydrogen-bond donors (Lipinski definition) is 0. The average molecular weight is 358 g/mol. The Hall–Kier alpha value is -2.25. The Morgan fingerprint density at radius 2 is 1.96 bits per heavy atom. The third kappa shape index (κ3) is 5.12. The van der Waals surface area contributed by atoms with Gasteiger partial charge in [0.25, 0.3) is 5.91 Å². The number of methoxy groups -OCH3 is 1. The van der Waals surface area contributed by atoms with Crippen molar-refractivity contribution in [1.29, 1.82) is 0 Å². The first-order valence-corrected chi connectivity index (χ1v) is 9.10. The van der Waals surface area contributed by atoms with Crippen molar-refractivity contribution in [3.63, 3.8) is 0 Å². The molecule has 1 saturated heterocycles. The quantitative estimate of drug-likeness (QED) is 0.673. The SMILES string of the molecule is COCCOC1CCN(C(=O)c2cn(CCc3ccccc3)nn2)CC1. The molecule has 0 N–H and O–H groups in total. The molecule has 0 aliphatic carbocycles. The van der Waals surface area contributed by atoms with Crippen LogP contribution in [0.4, 0.5) is 0 Å². The second-order valence-corrected chi connectivity index (χ2v) is 6.46. The van der Waals surface area contributed by atoms with E-state index in [-0.39, 0.29) is 12.0 Å². The van der Waals surface area contributed by atoms with Gasteiger partial charge in [-0.3, -0.25) is 9.48 Å². The first-order valence-electron chi connectivity index (χ1n) is 9.10. The molecule has 1 aromatic heterocycles. The fourth-order valence-electron chi connectivity index (χ4n) is 3.08. The van der Waals surface area contributed by atoms with Crippen LogP contribution in [0.15, 0.2) is 36.5 Å². The Labute approximate surface area is 153 Å². The summed E-state index contributed by atoms with van der Waals surface area (Å²) in [6.45, 7) is 3.29. The number of hydrogen-bond acceptors (Lipinski definition) is 5. The van der Waals surface area contributed by atoms with E-state index in [9.17, 15) is 4.79 Å². The summed E-state index contributed by atoms with van der Waals surface area (Å²) in [5.74, 6) is -0.0497. The van der Waals surface area contributed by atoms with Crippen molar-refractivity contribution in [2.45, 2.75) is 31.9 Å². The first kappa shape index (κ1) is 18.5. The van der Waals surface area contributed by atoms with E-state index in [1.165, 1.54) is 5.56 Å². The summed E-state index contributed by atoms with van der Waals surface area (Å²) in [5.41, 5.74) is 1.66. The number of nitrogens with zero attached hydrogens (tertiary/aromatic N) is 4. The molecule has 26 heavy (non-hydrogen) atoms. The number of carbonyl (C=O) groups is 1. The van der Waals surface area contributed by atoms with E-state index < -0.39 is 0 Å². The van der Waals surface area contributed by atoms with E-state index in [4.69, 9.17) is 9.47 Å². The number of benzene rings is 1. The van der Waals surface area contributed by atoms with Gasteiger partial charge in [-0.15, -0.1) is 5.10 Å². The van der Waals surface area contributed by atoms with Crippen LogP contribution in [-0.4, -0.2) is 65.3 Å². The molecule has 2 heterocycles. The number of amides is 1. The monoisotopic (exact) mass is 358 g/mol. The van der Waals surface area contributed by atoms with Crippen molar-refractivity contribution in [3.05, 3.63) is 47.8 Å². The first-order chi connectivity index (χ1) is 12.8. The highest BCUT2D eigenvalue weighted by Gasteiger charge is 2.25. The maximum atomic E-state index is 12.6. The van der Waals surface area contributed by atoms with Crippen LogP contribution in [0.5, 0.6) is 0 Å². The summed E-state index contributed by atoms with van der Waals surface area (Å²) in [5, 5.41) is 8.15. The lowest BCUT2D eigenvalue weighted by Gasteiger charge is -2.31. The predicted octanol–water partition coefficient (Wildman–Crippen LogP) is 1.79. The Morgan fingerprint density at radius 1 is 1.19 bits per heavy atom. The molecular formula is C19H26N4O3. The van der Waals surface area contributed by atoms with E-state index in [0.29, 0.717) is 38.5 Å². The van der Waals surface area contributed by atoms with Crippen LogP contribution in [0.3, 0.4) is 0 Å². The number of aryl methyl sites for hydroxylation is 2. The number of aromatic nitrogens is 3. The minimum atomic E-state index is -0.0497. The maximum absolute atomic E-state index is 12.6. The maximum Gasteiger partial charge on any atom is 0.276 e. The van der Waals surface area contributed by atoms with Crippen LogP contribution in [-0.2, 0) is 22.4 Å². The van der Waals surface area contributed by atoms with E-state index in [0.717, 1.165) is 19.3 Å². The number of piperidine rings is 1. The molecule has 2 aromatic rings. The van der Waals surface area contributed by atoms with Gasteiger partial charge in [0.2, 0.25) is 0 Å². The van der Waals surface area contributed by atoms with Crippen molar-refractivity contribution < 1.29 is 14.3 Å². The lowest BCUT2D eigenvalue weighted by atomic mass is 10.1. The van der Waals surface area contributed by atoms with Gasteiger partial charge in [-0.1, -0.05) is 35.5 Å². The zero-order valence-corrected chi connectivity index (χ0v) is 15.2. The summed E-state index contributed by atoms with van der Waals surface area (Å²) in [7, 11) is 1.66. The van der Waals surface area contributed by atoms with Crippen molar-refractivity contribution in [2.24, 2.45) is 0 Å². The lowest BCUT2D eigenvalue weighted by molar-refractivity contribution is -0.0123. The molecule has 1 fully saturated rings. The van der Waals surface area contributed by atoms with Crippen molar-refractivity contribution in [2.75, 3.05) is 33.4 Å². The smallest absolute Gasteiger partial charge is 0.276 e. The molecular weight excluding hydrogens is 332 g/mol. The summed E-state index contributed by atoms with van der Waals surface area (Å²) < 4.78 is 12.5. The fourth-order valence-corrected chi connectivity index (χ4v) is 3.08. The van der Waals surface area contributed by atoms with Gasteiger partial charge in [0.05, 0.1) is 25.5 Å². The molecule has 7 nitrogen and oxygen atoms in total. The second-order valence-electron chi connectivity index (χ2n) is 6.46. The fraction of sp³-hybridized carbons (Fsp3) is 0.526. The number of likely N-dealkylation sites (tertiary alicyclic amines) is 1. The van der Waals surface area contributed by atoms with Gasteiger partial charge in [0, 0.05) is 26.7 Å². The van der Waals surface area contributed by atoms with Crippen LogP contribution < -0.4 is 0 Å². The van der Waals surface area contributed by atoms with Gasteiger partial charge in [-0.25, -0.2) is 0 Å². The summed E-state index contributed by atoms with van der Waals surface area (Å²) in [6.07, 6.45) is 4.50. The third-order valence-corrected chi connectivity index (χ3v) is 4.60. The standard InChI is InChI=1S/C19H26N4O3/c1-25-13-14-26-17-8-10-22(11-9-17)19(24)18-15-23(21-20-18)12-7-16-5-3-2-4-6-16/h2-6,15,17H,7-14H2,1H3. The van der Waals surface area contributed by atoms with E-state index in [2.05, 4.69) is 22.4 Å². The highest BCUT2D eigenvalue weighted by molar-refractivity contribution is 5.91. The Kier molecular flexibility index (Phi) is 6.74. The molecule has 0 radical (unpaired) electrons. The third-order valence-electron chi connectivity index (χ3n) is 4.60. The Balaban J connectivity index is 1.46. The van der Waals surface area contributed by atoms with Crippen molar-refractivity contribution in [1.82, 2.24) is 19.9 Å². The molecule has 0 atom stereocenters. The van der Waals surface area contributed by atoms with E-state index in [1.54, 1.807) is 18.0 Å². The average Bonchev–Trinajstić information content (AvgIpc) is 3.16. The second kappa shape index (κ2) is 9.45. The minimum absolute atomic E-state index is 0.0497.